The minimum absolute atomic E-state index is 0.0708. The average Bonchev–Trinajstić information content (AvgIpc) is 2.88. The smallest absolute Gasteiger partial charge is 0.278 e. The molecule has 0 aliphatic carbocycles. The molecule has 0 spiro atoms. The summed E-state index contributed by atoms with van der Waals surface area (Å²) in [5, 5.41) is 6.05. The lowest BCUT2D eigenvalue weighted by atomic mass is 10.1. The number of nitrogen functional groups attached to an aromatic ring is 1. The summed E-state index contributed by atoms with van der Waals surface area (Å²) in [7, 11) is 3.98. The summed E-state index contributed by atoms with van der Waals surface area (Å²) in [6.45, 7) is 4.54. The fraction of sp³-hybridized carbons (Fsp3) is 0.333. The number of nitrogens with one attached hydrogen (secondary N) is 2. The zero-order valence-electron chi connectivity index (χ0n) is 19.5. The average molecular weight is 463 g/mol. The highest BCUT2D eigenvalue weighted by Gasteiger charge is 2.20. The highest BCUT2D eigenvalue weighted by Crippen LogP contribution is 2.27. The van der Waals surface area contributed by atoms with Gasteiger partial charge in [-0.1, -0.05) is 12.1 Å². The molecule has 1 aliphatic rings. The molecule has 3 aromatic rings. The molecule has 0 unspecified atom stereocenters. The fourth-order valence-corrected chi connectivity index (χ4v) is 3.74. The van der Waals surface area contributed by atoms with E-state index in [0.29, 0.717) is 24.6 Å². The molecule has 4 N–H and O–H groups in total. The molecule has 10 heteroatoms. The summed E-state index contributed by atoms with van der Waals surface area (Å²) >= 11 is 0. The van der Waals surface area contributed by atoms with Crippen molar-refractivity contribution in [2.45, 2.75) is 0 Å². The molecule has 0 atom stereocenters. The van der Waals surface area contributed by atoms with Crippen LogP contribution in [0.25, 0.3) is 11.3 Å². The monoisotopic (exact) mass is 462 g/mol. The van der Waals surface area contributed by atoms with E-state index in [9.17, 15) is 4.79 Å². The number of ether oxygens (including phenoxy) is 1. The van der Waals surface area contributed by atoms with Crippen LogP contribution in [0.5, 0.6) is 0 Å². The number of benzene rings is 1. The number of aromatic nitrogens is 3. The maximum absolute atomic E-state index is 13.1. The van der Waals surface area contributed by atoms with Crippen molar-refractivity contribution in [3.63, 3.8) is 0 Å². The summed E-state index contributed by atoms with van der Waals surface area (Å²) in [6, 6.07) is 9.84. The number of nitrogens with two attached hydrogens (primary N) is 1. The van der Waals surface area contributed by atoms with E-state index in [-0.39, 0.29) is 11.5 Å². The van der Waals surface area contributed by atoms with Gasteiger partial charge in [-0.25, -0.2) is 9.97 Å². The van der Waals surface area contributed by atoms with Gasteiger partial charge in [-0.3, -0.25) is 9.78 Å². The van der Waals surface area contributed by atoms with Crippen LogP contribution in [0, 0.1) is 0 Å². The number of hydrogen-bond acceptors (Lipinski definition) is 9. The maximum Gasteiger partial charge on any atom is 0.278 e. The van der Waals surface area contributed by atoms with Gasteiger partial charge in [0.1, 0.15) is 0 Å². The van der Waals surface area contributed by atoms with Crippen LogP contribution in [0.3, 0.4) is 0 Å². The first-order valence-electron chi connectivity index (χ1n) is 11.2. The predicted octanol–water partition coefficient (Wildman–Crippen LogP) is 1.87. The van der Waals surface area contributed by atoms with E-state index in [2.05, 4.69) is 35.4 Å². The summed E-state index contributed by atoms with van der Waals surface area (Å²) in [5.74, 6) is -0.362. The van der Waals surface area contributed by atoms with Gasteiger partial charge < -0.3 is 30.9 Å². The van der Waals surface area contributed by atoms with Gasteiger partial charge in [0, 0.05) is 50.7 Å². The van der Waals surface area contributed by atoms with Gasteiger partial charge in [0.25, 0.3) is 5.91 Å². The minimum Gasteiger partial charge on any atom is -0.382 e. The Kier molecular flexibility index (Phi) is 7.51. The van der Waals surface area contributed by atoms with Crippen LogP contribution in [0.1, 0.15) is 10.5 Å². The summed E-state index contributed by atoms with van der Waals surface area (Å²) in [4.78, 5) is 30.4. The first-order valence-corrected chi connectivity index (χ1v) is 11.2. The number of nitrogens with zero attached hydrogens (tertiary/aromatic N) is 5. The number of anilines is 4. The second kappa shape index (κ2) is 10.9. The van der Waals surface area contributed by atoms with Crippen LogP contribution in [-0.4, -0.2) is 74.3 Å². The molecule has 0 radical (unpaired) electrons. The standard InChI is InChI=1S/C24H30N8O2/c1-26-9-10-31(2)18-5-3-17(4-6-18)19-16-28-23(25)22(29-19)24(33)30-20-15-27-8-7-21(20)32-11-13-34-14-12-32/h3-8,15-16,26H,9-14H2,1-2H3,(H2,25,28)(H,30,33). The van der Waals surface area contributed by atoms with Gasteiger partial charge in [0.15, 0.2) is 11.5 Å². The van der Waals surface area contributed by atoms with Crippen LogP contribution >= 0.6 is 0 Å². The molecular weight excluding hydrogens is 432 g/mol. The lowest BCUT2D eigenvalue weighted by Gasteiger charge is -2.30. The highest BCUT2D eigenvalue weighted by molar-refractivity contribution is 6.07. The zero-order valence-corrected chi connectivity index (χ0v) is 19.5. The van der Waals surface area contributed by atoms with Crippen LogP contribution in [0.15, 0.2) is 48.9 Å². The van der Waals surface area contributed by atoms with Gasteiger partial charge in [-0.2, -0.15) is 0 Å². The minimum atomic E-state index is -0.433. The number of hydrogen-bond donors (Lipinski definition) is 3. The number of rotatable bonds is 8. The Morgan fingerprint density at radius 1 is 1.18 bits per heavy atom. The molecule has 1 amide bonds. The quantitative estimate of drug-likeness (QED) is 0.460. The van der Waals surface area contributed by atoms with Crippen molar-refractivity contribution in [2.75, 3.05) is 74.3 Å². The van der Waals surface area contributed by atoms with Crippen molar-refractivity contribution in [3.8, 4) is 11.3 Å². The van der Waals surface area contributed by atoms with Crippen molar-refractivity contribution >= 4 is 28.8 Å². The Bertz CT molecular complexity index is 1120. The van der Waals surface area contributed by atoms with Crippen molar-refractivity contribution in [1.82, 2.24) is 20.3 Å². The zero-order chi connectivity index (χ0) is 23.9. The molecule has 0 saturated carbocycles. The van der Waals surface area contributed by atoms with Crippen LogP contribution < -0.4 is 26.2 Å². The van der Waals surface area contributed by atoms with Gasteiger partial charge in [-0.05, 0) is 25.2 Å². The van der Waals surface area contributed by atoms with E-state index in [4.69, 9.17) is 10.5 Å². The van der Waals surface area contributed by atoms with Gasteiger partial charge in [0.05, 0.1) is 42.7 Å². The number of morpholine rings is 1. The Morgan fingerprint density at radius 3 is 2.68 bits per heavy atom. The molecule has 2 aromatic heterocycles. The number of pyridine rings is 1. The molecule has 3 heterocycles. The van der Waals surface area contributed by atoms with E-state index in [0.717, 1.165) is 43.1 Å². The summed E-state index contributed by atoms with van der Waals surface area (Å²) < 4.78 is 5.44. The SMILES string of the molecule is CNCCN(C)c1ccc(-c2cnc(N)c(C(=O)Nc3cnccc3N3CCOCC3)n2)cc1. The van der Waals surface area contributed by atoms with Crippen LogP contribution in [0.2, 0.25) is 0 Å². The second-order valence-corrected chi connectivity index (χ2v) is 8.01. The number of carbonyl (C=O) groups excluding carboxylic acids is 1. The topological polar surface area (TPSA) is 122 Å². The van der Waals surface area contributed by atoms with E-state index in [1.54, 1.807) is 18.6 Å². The largest absolute Gasteiger partial charge is 0.382 e. The molecular formula is C24H30N8O2. The molecule has 178 valence electrons. The summed E-state index contributed by atoms with van der Waals surface area (Å²) in [6.07, 6.45) is 4.91. The maximum atomic E-state index is 13.1. The molecule has 4 rings (SSSR count). The van der Waals surface area contributed by atoms with E-state index < -0.39 is 5.91 Å². The van der Waals surface area contributed by atoms with Crippen molar-refractivity contribution in [3.05, 3.63) is 54.6 Å². The molecule has 34 heavy (non-hydrogen) atoms. The third-order valence-corrected chi connectivity index (χ3v) is 5.71. The molecule has 10 nitrogen and oxygen atoms in total. The number of carbonyl (C=O) groups is 1. The lowest BCUT2D eigenvalue weighted by molar-refractivity contribution is 0.102. The number of amides is 1. The molecule has 1 saturated heterocycles. The van der Waals surface area contributed by atoms with Crippen LogP contribution in [-0.2, 0) is 4.74 Å². The fourth-order valence-electron chi connectivity index (χ4n) is 3.74. The van der Waals surface area contributed by atoms with Gasteiger partial charge in [-0.15, -0.1) is 0 Å². The lowest BCUT2D eigenvalue weighted by Crippen LogP contribution is -2.36. The van der Waals surface area contributed by atoms with E-state index >= 15 is 0 Å². The molecule has 1 aliphatic heterocycles. The predicted molar refractivity (Wildman–Crippen MR) is 134 cm³/mol. The van der Waals surface area contributed by atoms with Crippen molar-refractivity contribution in [1.29, 1.82) is 0 Å². The van der Waals surface area contributed by atoms with Crippen molar-refractivity contribution < 1.29 is 9.53 Å². The third kappa shape index (κ3) is 5.41. The molecule has 1 aromatic carbocycles. The molecule has 0 bridgehead atoms. The highest BCUT2D eigenvalue weighted by atomic mass is 16.5. The Morgan fingerprint density at radius 2 is 1.94 bits per heavy atom. The van der Waals surface area contributed by atoms with Crippen molar-refractivity contribution in [2.24, 2.45) is 0 Å². The normalized spacial score (nSPS) is 13.5. The third-order valence-electron chi connectivity index (χ3n) is 5.71. The van der Waals surface area contributed by atoms with Gasteiger partial charge in [0.2, 0.25) is 0 Å². The van der Waals surface area contributed by atoms with E-state index in [1.807, 2.05) is 44.4 Å². The number of likely N-dealkylation sites (N-methyl/N-ethyl adjacent to an activating group) is 2. The molecule has 1 fully saturated rings. The van der Waals surface area contributed by atoms with E-state index in [1.165, 1.54) is 0 Å². The summed E-state index contributed by atoms with van der Waals surface area (Å²) in [5.41, 5.74) is 10.1. The first-order chi connectivity index (χ1) is 16.6. The van der Waals surface area contributed by atoms with Gasteiger partial charge >= 0.3 is 0 Å². The Labute approximate surface area is 199 Å². The second-order valence-electron chi connectivity index (χ2n) is 8.01. The first kappa shape index (κ1) is 23.4. The van der Waals surface area contributed by atoms with Crippen LogP contribution in [0.4, 0.5) is 22.9 Å². The Hall–Kier alpha value is -3.76. The Balaban J connectivity index is 1.53.